The molecule has 2 nitrogen and oxygen atoms in total. The highest BCUT2D eigenvalue weighted by Crippen LogP contribution is 2.57. The van der Waals surface area contributed by atoms with E-state index in [0.717, 1.165) is 61.1 Å². The molecule has 0 unspecified atom stereocenters. The van der Waals surface area contributed by atoms with Gasteiger partial charge in [-0.05, 0) is 115 Å². The topological polar surface area (TPSA) is 16.4 Å². The minimum Gasteiger partial charge on any atom is -0.456 e. The minimum absolute atomic E-state index is 0.0186. The normalized spacial score (nSPS) is 13.6. The van der Waals surface area contributed by atoms with Crippen LogP contribution in [0.4, 0.5) is 17.1 Å². The number of rotatable bonds is 6. The van der Waals surface area contributed by atoms with Crippen molar-refractivity contribution < 1.29 is 8.53 Å². The number of nitrogens with zero attached hydrogens (tertiary/aromatic N) is 1. The van der Waals surface area contributed by atoms with Crippen molar-refractivity contribution in [2.24, 2.45) is 0 Å². The van der Waals surface area contributed by atoms with E-state index in [9.17, 15) is 4.11 Å². The number of furan rings is 1. The lowest BCUT2D eigenvalue weighted by atomic mass is 9.67. The largest absolute Gasteiger partial charge is 0.456 e. The van der Waals surface area contributed by atoms with Crippen LogP contribution in [0.15, 0.2) is 229 Å². The Labute approximate surface area is 347 Å². The summed E-state index contributed by atoms with van der Waals surface area (Å²) in [5, 5.41) is 6.56. The maximum atomic E-state index is 10.6. The van der Waals surface area contributed by atoms with Crippen molar-refractivity contribution in [3.63, 3.8) is 0 Å². The molecular weight excluding hydrogens is 715 g/mol. The zero-order valence-electron chi connectivity index (χ0n) is 35.0. The summed E-state index contributed by atoms with van der Waals surface area (Å²) < 4.78 is 37.1. The summed E-state index contributed by atoms with van der Waals surface area (Å²) in [5.41, 5.74) is 9.73. The molecule has 0 saturated heterocycles. The maximum absolute atomic E-state index is 10.6. The molecule has 2 heteroatoms. The smallest absolute Gasteiger partial charge is 0.137 e. The summed E-state index contributed by atoms with van der Waals surface area (Å²) in [6, 6.07) is 71.0. The highest BCUT2D eigenvalue weighted by atomic mass is 16.3. The first-order valence-electron chi connectivity index (χ1n) is 21.6. The van der Waals surface area contributed by atoms with E-state index in [0.29, 0.717) is 22.4 Å². The second-order valence-electron chi connectivity index (χ2n) is 15.3. The minimum atomic E-state index is -0.940. The van der Waals surface area contributed by atoms with E-state index < -0.39 is 5.41 Å². The Balaban J connectivity index is 1.17. The fourth-order valence-electron chi connectivity index (χ4n) is 9.71. The van der Waals surface area contributed by atoms with Gasteiger partial charge < -0.3 is 9.32 Å². The van der Waals surface area contributed by atoms with Crippen LogP contribution in [0.2, 0.25) is 0 Å². The van der Waals surface area contributed by atoms with E-state index in [-0.39, 0.29) is 18.1 Å². The van der Waals surface area contributed by atoms with E-state index in [4.69, 9.17) is 4.42 Å². The average Bonchev–Trinajstić information content (AvgIpc) is 3.88. The van der Waals surface area contributed by atoms with E-state index in [2.05, 4.69) is 115 Å². The number of benzene rings is 10. The SMILES string of the molecule is [2H]c1c([2H])c(N(c2ccc(-c3cc4ccccc4c4ccccc34)cc2)c2cccc3oc4ccccc4c23)c([2H])c2c1-c1ccccc1C2(c1ccccc1)c1ccccc1. The number of hydrogen-bond acceptors (Lipinski definition) is 2. The van der Waals surface area contributed by atoms with Crippen LogP contribution in [0.25, 0.3) is 65.7 Å². The van der Waals surface area contributed by atoms with Crippen LogP contribution < -0.4 is 4.90 Å². The lowest BCUT2D eigenvalue weighted by molar-refractivity contribution is 0.669. The summed E-state index contributed by atoms with van der Waals surface area (Å²) in [4.78, 5) is 2.03. The first kappa shape index (κ1) is 30.5. The van der Waals surface area contributed by atoms with Gasteiger partial charge in [-0.3, -0.25) is 0 Å². The van der Waals surface area contributed by atoms with Gasteiger partial charge in [0.05, 0.1) is 20.6 Å². The Bertz CT molecular complexity index is 3520. The number of fused-ring (bicyclic) bond motifs is 9. The fraction of sp³-hybridized carbons (Fsp3) is 0.0175. The highest BCUT2D eigenvalue weighted by molar-refractivity contribution is 6.15. The van der Waals surface area contributed by atoms with E-state index >= 15 is 0 Å². The number of para-hydroxylation sites is 1. The van der Waals surface area contributed by atoms with Gasteiger partial charge in [0.2, 0.25) is 0 Å². The first-order valence-corrected chi connectivity index (χ1v) is 20.1. The Hall–Kier alpha value is -7.68. The van der Waals surface area contributed by atoms with Crippen molar-refractivity contribution in [1.29, 1.82) is 0 Å². The predicted octanol–water partition coefficient (Wildman–Crippen LogP) is 15.4. The molecule has 11 aromatic rings. The molecule has 12 rings (SSSR count). The maximum Gasteiger partial charge on any atom is 0.137 e. The van der Waals surface area contributed by atoms with Gasteiger partial charge in [0.15, 0.2) is 0 Å². The molecule has 0 spiro atoms. The molecule has 1 aromatic heterocycles. The van der Waals surface area contributed by atoms with Gasteiger partial charge in [0, 0.05) is 16.8 Å². The Morgan fingerprint density at radius 2 is 1.05 bits per heavy atom. The molecule has 1 heterocycles. The third-order valence-electron chi connectivity index (χ3n) is 12.2. The summed E-state index contributed by atoms with van der Waals surface area (Å²) in [7, 11) is 0. The van der Waals surface area contributed by atoms with Gasteiger partial charge in [-0.25, -0.2) is 0 Å². The summed E-state index contributed by atoms with van der Waals surface area (Å²) in [5.74, 6) is 0. The molecule has 0 fully saturated rings. The molecule has 1 aliphatic rings. The Kier molecular flexibility index (Phi) is 6.81. The Morgan fingerprint density at radius 1 is 0.424 bits per heavy atom. The summed E-state index contributed by atoms with van der Waals surface area (Å²) in [6.07, 6.45) is 0. The van der Waals surface area contributed by atoms with Crippen LogP contribution >= 0.6 is 0 Å². The Morgan fingerprint density at radius 3 is 1.83 bits per heavy atom. The fourth-order valence-corrected chi connectivity index (χ4v) is 9.71. The molecular formula is C57H37NO. The molecule has 276 valence electrons. The highest BCUT2D eigenvalue weighted by Gasteiger charge is 2.46. The molecule has 0 saturated carbocycles. The van der Waals surface area contributed by atoms with Crippen LogP contribution in [-0.2, 0) is 5.41 Å². The zero-order chi connectivity index (χ0) is 41.5. The third-order valence-corrected chi connectivity index (χ3v) is 12.2. The van der Waals surface area contributed by atoms with E-state index in [1.165, 1.54) is 21.5 Å². The van der Waals surface area contributed by atoms with Crippen molar-refractivity contribution in [1.82, 2.24) is 0 Å². The molecule has 1 aliphatic carbocycles. The van der Waals surface area contributed by atoms with Crippen molar-refractivity contribution >= 4 is 60.5 Å². The lowest BCUT2D eigenvalue weighted by Crippen LogP contribution is -2.28. The second kappa shape index (κ2) is 13.2. The van der Waals surface area contributed by atoms with Crippen LogP contribution in [0, 0.1) is 0 Å². The van der Waals surface area contributed by atoms with Gasteiger partial charge in [0.25, 0.3) is 0 Å². The van der Waals surface area contributed by atoms with Crippen LogP contribution in [-0.4, -0.2) is 0 Å². The molecule has 0 bridgehead atoms. The monoisotopic (exact) mass is 754 g/mol. The van der Waals surface area contributed by atoms with Crippen molar-refractivity contribution in [2.75, 3.05) is 4.90 Å². The van der Waals surface area contributed by atoms with Gasteiger partial charge in [-0.1, -0.05) is 176 Å². The van der Waals surface area contributed by atoms with Crippen molar-refractivity contribution in [3.05, 3.63) is 247 Å². The molecule has 0 aliphatic heterocycles. The molecule has 0 atom stereocenters. The quantitative estimate of drug-likeness (QED) is 0.157. The van der Waals surface area contributed by atoms with Gasteiger partial charge in [0.1, 0.15) is 11.2 Å². The van der Waals surface area contributed by atoms with Crippen LogP contribution in [0.5, 0.6) is 0 Å². The zero-order valence-corrected chi connectivity index (χ0v) is 32.0. The van der Waals surface area contributed by atoms with E-state index in [1.54, 1.807) is 0 Å². The lowest BCUT2D eigenvalue weighted by Gasteiger charge is -2.35. The summed E-state index contributed by atoms with van der Waals surface area (Å²) in [6.45, 7) is 0. The van der Waals surface area contributed by atoms with Crippen molar-refractivity contribution in [2.45, 2.75) is 5.41 Å². The molecule has 0 amide bonds. The van der Waals surface area contributed by atoms with Crippen LogP contribution in [0.1, 0.15) is 26.4 Å². The summed E-state index contributed by atoms with van der Waals surface area (Å²) >= 11 is 0. The third kappa shape index (κ3) is 5.00. The molecule has 0 radical (unpaired) electrons. The number of anilines is 3. The van der Waals surface area contributed by atoms with Gasteiger partial charge >= 0.3 is 0 Å². The first-order chi connectivity index (χ1) is 30.5. The molecule has 59 heavy (non-hydrogen) atoms. The van der Waals surface area contributed by atoms with Crippen LogP contribution in [0.3, 0.4) is 0 Å². The van der Waals surface area contributed by atoms with Gasteiger partial charge in [-0.15, -0.1) is 0 Å². The molecule has 10 aromatic carbocycles. The standard InChI is InChI=1S/C57H37NO/c1-3-17-40(18-4-1)57(41-19-5-2-6-20-41)51-26-13-11-24-47(51)48-35-34-43(37-52(48)57)58(53-27-15-29-55-56(53)49-25-12-14-28-54(49)59-55)42-32-30-38(31-33-42)50-36-39-16-7-8-21-44(39)45-22-9-10-23-46(45)50/h1-37H/i34D,35D,37D. The number of hydrogen-bond donors (Lipinski definition) is 0. The predicted molar refractivity (Wildman–Crippen MR) is 246 cm³/mol. The van der Waals surface area contributed by atoms with Crippen molar-refractivity contribution in [3.8, 4) is 22.3 Å². The van der Waals surface area contributed by atoms with E-state index in [1.807, 2.05) is 95.9 Å². The second-order valence-corrected chi connectivity index (χ2v) is 15.3. The molecule has 0 N–H and O–H groups in total. The van der Waals surface area contributed by atoms with Gasteiger partial charge in [-0.2, -0.15) is 0 Å². The average molecular weight is 755 g/mol.